The molecule has 1 N–H and O–H groups in total. The molecule has 4 heteroatoms. The van der Waals surface area contributed by atoms with E-state index in [0.717, 1.165) is 25.1 Å². The van der Waals surface area contributed by atoms with Crippen molar-refractivity contribution in [3.8, 4) is 0 Å². The number of nitrogens with zero attached hydrogens (tertiary/aromatic N) is 2. The first-order chi connectivity index (χ1) is 7.69. The van der Waals surface area contributed by atoms with Crippen LogP contribution < -0.4 is 5.32 Å². The highest BCUT2D eigenvalue weighted by molar-refractivity contribution is 5.92. The highest BCUT2D eigenvalue weighted by atomic mass is 16.2. The van der Waals surface area contributed by atoms with Crippen molar-refractivity contribution in [2.45, 2.75) is 19.8 Å². The lowest BCUT2D eigenvalue weighted by Crippen LogP contribution is -2.28. The van der Waals surface area contributed by atoms with Gasteiger partial charge in [-0.2, -0.15) is 0 Å². The summed E-state index contributed by atoms with van der Waals surface area (Å²) in [6.07, 6.45) is 3.75. The quantitative estimate of drug-likeness (QED) is 0.827. The van der Waals surface area contributed by atoms with E-state index in [1.54, 1.807) is 17.2 Å². The van der Waals surface area contributed by atoms with Crippen LogP contribution in [0.15, 0.2) is 18.3 Å². The number of unbranched alkanes of at least 4 members (excludes halogenated alkanes) is 1. The Kier molecular flexibility index (Phi) is 4.76. The van der Waals surface area contributed by atoms with E-state index in [1.165, 1.54) is 0 Å². The summed E-state index contributed by atoms with van der Waals surface area (Å²) < 4.78 is 0. The van der Waals surface area contributed by atoms with Gasteiger partial charge in [-0.05, 0) is 18.6 Å². The zero-order chi connectivity index (χ0) is 12.0. The van der Waals surface area contributed by atoms with Crippen LogP contribution in [0.5, 0.6) is 0 Å². The Hall–Kier alpha value is -1.58. The first kappa shape index (κ1) is 12.5. The topological polar surface area (TPSA) is 45.2 Å². The van der Waals surface area contributed by atoms with Crippen molar-refractivity contribution < 1.29 is 4.79 Å². The summed E-state index contributed by atoms with van der Waals surface area (Å²) >= 11 is 0. The van der Waals surface area contributed by atoms with Crippen LogP contribution in [-0.4, -0.2) is 36.4 Å². The van der Waals surface area contributed by atoms with E-state index in [0.29, 0.717) is 5.69 Å². The van der Waals surface area contributed by atoms with Gasteiger partial charge < -0.3 is 10.2 Å². The van der Waals surface area contributed by atoms with Gasteiger partial charge in [-0.15, -0.1) is 0 Å². The third kappa shape index (κ3) is 3.22. The molecule has 16 heavy (non-hydrogen) atoms. The molecule has 1 heterocycles. The summed E-state index contributed by atoms with van der Waals surface area (Å²) in [6.45, 7) is 2.89. The average molecular weight is 221 g/mol. The first-order valence-corrected chi connectivity index (χ1v) is 5.58. The fraction of sp³-hybridized carbons (Fsp3) is 0.500. The second-order valence-corrected chi connectivity index (χ2v) is 3.76. The Morgan fingerprint density at radius 1 is 1.56 bits per heavy atom. The number of carbonyl (C=O) groups is 1. The lowest BCUT2D eigenvalue weighted by atomic mass is 10.2. The molecule has 0 aliphatic rings. The van der Waals surface area contributed by atoms with Crippen LogP contribution in [-0.2, 0) is 0 Å². The maximum absolute atomic E-state index is 12.0. The van der Waals surface area contributed by atoms with Crippen LogP contribution in [0.4, 0.5) is 5.69 Å². The maximum Gasteiger partial charge on any atom is 0.272 e. The highest BCUT2D eigenvalue weighted by Gasteiger charge is 2.12. The van der Waals surface area contributed by atoms with Crippen LogP contribution in [0.2, 0.25) is 0 Å². The Morgan fingerprint density at radius 2 is 2.31 bits per heavy atom. The fourth-order valence-corrected chi connectivity index (χ4v) is 1.40. The van der Waals surface area contributed by atoms with E-state index < -0.39 is 0 Å². The van der Waals surface area contributed by atoms with E-state index in [2.05, 4.69) is 17.2 Å². The van der Waals surface area contributed by atoms with Crippen molar-refractivity contribution in [1.29, 1.82) is 0 Å². The largest absolute Gasteiger partial charge is 0.388 e. The van der Waals surface area contributed by atoms with E-state index in [4.69, 9.17) is 0 Å². The van der Waals surface area contributed by atoms with Gasteiger partial charge in [0, 0.05) is 32.5 Å². The third-order valence-corrected chi connectivity index (χ3v) is 2.46. The van der Waals surface area contributed by atoms with Gasteiger partial charge in [0.1, 0.15) is 5.69 Å². The van der Waals surface area contributed by atoms with E-state index in [9.17, 15) is 4.79 Å². The summed E-state index contributed by atoms with van der Waals surface area (Å²) in [5, 5.41) is 2.99. The van der Waals surface area contributed by atoms with Gasteiger partial charge in [0.2, 0.25) is 0 Å². The SMILES string of the molecule is CCCCN(C)C(=O)c1cc(NC)ccn1. The molecule has 0 unspecified atom stereocenters. The number of anilines is 1. The molecular formula is C12H19N3O. The minimum Gasteiger partial charge on any atom is -0.388 e. The van der Waals surface area contributed by atoms with Gasteiger partial charge >= 0.3 is 0 Å². The summed E-state index contributed by atoms with van der Waals surface area (Å²) in [4.78, 5) is 17.8. The van der Waals surface area contributed by atoms with E-state index in [-0.39, 0.29) is 5.91 Å². The highest BCUT2D eigenvalue weighted by Crippen LogP contribution is 2.09. The molecule has 0 spiro atoms. The molecule has 0 atom stereocenters. The first-order valence-electron chi connectivity index (χ1n) is 5.58. The molecule has 4 nitrogen and oxygen atoms in total. The Bertz CT molecular complexity index is 352. The van der Waals surface area contributed by atoms with Gasteiger partial charge in [-0.1, -0.05) is 13.3 Å². The third-order valence-electron chi connectivity index (χ3n) is 2.46. The van der Waals surface area contributed by atoms with E-state index >= 15 is 0 Å². The number of rotatable bonds is 5. The van der Waals surface area contributed by atoms with Crippen LogP contribution in [0.1, 0.15) is 30.3 Å². The molecule has 1 rings (SSSR count). The van der Waals surface area contributed by atoms with Crippen molar-refractivity contribution in [1.82, 2.24) is 9.88 Å². The minimum absolute atomic E-state index is 0.0226. The van der Waals surface area contributed by atoms with Crippen LogP contribution in [0, 0.1) is 0 Å². The summed E-state index contributed by atoms with van der Waals surface area (Å²) in [7, 11) is 3.64. The second-order valence-electron chi connectivity index (χ2n) is 3.76. The predicted molar refractivity (Wildman–Crippen MR) is 65.7 cm³/mol. The molecule has 0 saturated heterocycles. The van der Waals surface area contributed by atoms with E-state index in [1.807, 2.05) is 20.2 Å². The van der Waals surface area contributed by atoms with Crippen LogP contribution in [0.25, 0.3) is 0 Å². The van der Waals surface area contributed by atoms with Crippen molar-refractivity contribution in [2.24, 2.45) is 0 Å². The average Bonchev–Trinajstić information content (AvgIpc) is 2.35. The number of hydrogen-bond acceptors (Lipinski definition) is 3. The maximum atomic E-state index is 12.0. The van der Waals surface area contributed by atoms with Crippen molar-refractivity contribution in [3.05, 3.63) is 24.0 Å². The number of amides is 1. The molecule has 1 aromatic rings. The van der Waals surface area contributed by atoms with Crippen molar-refractivity contribution >= 4 is 11.6 Å². The summed E-state index contributed by atoms with van der Waals surface area (Å²) in [5.74, 6) is -0.0226. The number of hydrogen-bond donors (Lipinski definition) is 1. The Balaban J connectivity index is 2.71. The number of aromatic nitrogens is 1. The monoisotopic (exact) mass is 221 g/mol. The second kappa shape index (κ2) is 6.10. The summed E-state index contributed by atoms with van der Waals surface area (Å²) in [6, 6.07) is 3.60. The zero-order valence-electron chi connectivity index (χ0n) is 10.2. The molecule has 0 aromatic carbocycles. The molecular weight excluding hydrogens is 202 g/mol. The smallest absolute Gasteiger partial charge is 0.272 e. The van der Waals surface area contributed by atoms with Gasteiger partial charge in [-0.25, -0.2) is 0 Å². The molecule has 0 radical (unpaired) electrons. The lowest BCUT2D eigenvalue weighted by molar-refractivity contribution is 0.0787. The number of carbonyl (C=O) groups excluding carboxylic acids is 1. The molecule has 1 amide bonds. The molecule has 0 saturated carbocycles. The lowest BCUT2D eigenvalue weighted by Gasteiger charge is -2.16. The van der Waals surface area contributed by atoms with Crippen LogP contribution in [0.3, 0.4) is 0 Å². The van der Waals surface area contributed by atoms with Gasteiger partial charge in [0.05, 0.1) is 0 Å². The zero-order valence-corrected chi connectivity index (χ0v) is 10.2. The number of nitrogens with one attached hydrogen (secondary N) is 1. The van der Waals surface area contributed by atoms with Gasteiger partial charge in [-0.3, -0.25) is 9.78 Å². The molecule has 0 aliphatic heterocycles. The van der Waals surface area contributed by atoms with Crippen molar-refractivity contribution in [2.75, 3.05) is 26.0 Å². The Labute approximate surface area is 96.7 Å². The van der Waals surface area contributed by atoms with Crippen LogP contribution >= 0.6 is 0 Å². The van der Waals surface area contributed by atoms with Crippen molar-refractivity contribution in [3.63, 3.8) is 0 Å². The normalized spacial score (nSPS) is 9.94. The van der Waals surface area contributed by atoms with Gasteiger partial charge in [0.15, 0.2) is 0 Å². The summed E-state index contributed by atoms with van der Waals surface area (Å²) in [5.41, 5.74) is 1.40. The standard InChI is InChI=1S/C12H19N3O/c1-4-5-8-15(3)12(16)11-9-10(13-2)6-7-14-11/h6-7,9H,4-5,8H2,1-3H3,(H,13,14). The molecule has 88 valence electrons. The Morgan fingerprint density at radius 3 is 2.94 bits per heavy atom. The predicted octanol–water partition coefficient (Wildman–Crippen LogP) is 2.00. The molecule has 0 fully saturated rings. The van der Waals surface area contributed by atoms with Gasteiger partial charge in [0.25, 0.3) is 5.91 Å². The molecule has 0 bridgehead atoms. The minimum atomic E-state index is -0.0226. The molecule has 1 aromatic heterocycles. The number of pyridine rings is 1. The fourth-order valence-electron chi connectivity index (χ4n) is 1.40. The molecule has 0 aliphatic carbocycles.